The van der Waals surface area contributed by atoms with E-state index in [0.29, 0.717) is 0 Å². The predicted octanol–water partition coefficient (Wildman–Crippen LogP) is 4.64. The van der Waals surface area contributed by atoms with E-state index in [9.17, 15) is 4.79 Å². The minimum Gasteiger partial charge on any atom is -0.493 e. The number of nitrogens with one attached hydrogen (secondary N) is 2. The van der Waals surface area contributed by atoms with E-state index in [-0.39, 0.29) is 18.1 Å². The predicted molar refractivity (Wildman–Crippen MR) is 115 cm³/mol. The lowest BCUT2D eigenvalue weighted by atomic mass is 9.99. The van der Waals surface area contributed by atoms with Crippen LogP contribution in [0.1, 0.15) is 35.2 Å². The molecule has 0 fully saturated rings. The molecule has 4 heteroatoms. The van der Waals surface area contributed by atoms with Gasteiger partial charge in [0.05, 0.1) is 12.6 Å². The number of ether oxygens (including phenoxy) is 1. The van der Waals surface area contributed by atoms with Crippen molar-refractivity contribution in [2.45, 2.75) is 31.8 Å². The van der Waals surface area contributed by atoms with Crippen LogP contribution in [-0.2, 0) is 12.8 Å². The molecule has 1 heterocycles. The van der Waals surface area contributed by atoms with Crippen LogP contribution >= 0.6 is 0 Å². The molecule has 0 aromatic heterocycles. The molecule has 3 aromatic carbocycles. The molecule has 4 nitrogen and oxygen atoms in total. The Balaban J connectivity index is 1.41. The second-order valence-corrected chi connectivity index (χ2v) is 7.52. The van der Waals surface area contributed by atoms with Crippen LogP contribution in [0.15, 0.2) is 78.9 Å². The molecule has 29 heavy (non-hydrogen) atoms. The number of amides is 2. The number of hydrogen-bond donors (Lipinski definition) is 2. The van der Waals surface area contributed by atoms with Gasteiger partial charge in [0.1, 0.15) is 5.75 Å². The number of carbonyl (C=O) groups is 1. The average molecular weight is 386 g/mol. The van der Waals surface area contributed by atoms with Crippen LogP contribution in [0.3, 0.4) is 0 Å². The van der Waals surface area contributed by atoms with Crippen molar-refractivity contribution < 1.29 is 9.53 Å². The van der Waals surface area contributed by atoms with Crippen molar-refractivity contribution in [3.63, 3.8) is 0 Å². The second-order valence-electron chi connectivity index (χ2n) is 7.52. The zero-order valence-corrected chi connectivity index (χ0v) is 16.6. The summed E-state index contributed by atoms with van der Waals surface area (Å²) in [7, 11) is 0. The summed E-state index contributed by atoms with van der Waals surface area (Å²) in [6.45, 7) is 2.79. The Labute approximate surface area is 171 Å². The highest BCUT2D eigenvalue weighted by molar-refractivity contribution is 5.75. The van der Waals surface area contributed by atoms with E-state index in [4.69, 9.17) is 4.74 Å². The molecule has 1 atom stereocenters. The molecule has 0 spiro atoms. The van der Waals surface area contributed by atoms with Gasteiger partial charge in [0.25, 0.3) is 0 Å². The van der Waals surface area contributed by atoms with Crippen LogP contribution in [0.25, 0.3) is 0 Å². The minimum atomic E-state index is -0.193. The van der Waals surface area contributed by atoms with Gasteiger partial charge in [0.15, 0.2) is 0 Å². The maximum Gasteiger partial charge on any atom is 0.315 e. The first-order valence-electron chi connectivity index (χ1n) is 10.1. The zero-order valence-electron chi connectivity index (χ0n) is 16.6. The van der Waals surface area contributed by atoms with Gasteiger partial charge in [-0.15, -0.1) is 0 Å². The van der Waals surface area contributed by atoms with Gasteiger partial charge < -0.3 is 15.4 Å². The summed E-state index contributed by atoms with van der Waals surface area (Å²) in [5.74, 6) is 0.987. The molecule has 2 amide bonds. The Morgan fingerprint density at radius 3 is 2.24 bits per heavy atom. The third-order valence-corrected chi connectivity index (χ3v) is 5.21. The first-order chi connectivity index (χ1) is 14.2. The van der Waals surface area contributed by atoms with E-state index in [1.165, 1.54) is 11.1 Å². The fourth-order valence-corrected chi connectivity index (χ4v) is 3.82. The van der Waals surface area contributed by atoms with Gasteiger partial charge in [-0.25, -0.2) is 4.79 Å². The summed E-state index contributed by atoms with van der Waals surface area (Å²) in [6.07, 6.45) is 1.74. The number of rotatable bonds is 6. The fraction of sp³-hybridized carbons (Fsp3) is 0.240. The summed E-state index contributed by atoms with van der Waals surface area (Å²) in [4.78, 5) is 12.7. The maximum absolute atomic E-state index is 12.7. The Bertz CT molecular complexity index is 918. The Kier molecular flexibility index (Phi) is 5.80. The average Bonchev–Trinajstić information content (AvgIpc) is 3.21. The molecular weight excluding hydrogens is 360 g/mol. The van der Waals surface area contributed by atoms with Crippen molar-refractivity contribution in [3.05, 3.63) is 101 Å². The lowest BCUT2D eigenvalue weighted by Crippen LogP contribution is -2.43. The molecule has 4 rings (SSSR count). The molecule has 1 aliphatic rings. The number of hydrogen-bond acceptors (Lipinski definition) is 2. The maximum atomic E-state index is 12.7. The molecule has 1 unspecified atom stereocenters. The molecule has 3 aromatic rings. The summed E-state index contributed by atoms with van der Waals surface area (Å²) in [5.41, 5.74) is 4.58. The van der Waals surface area contributed by atoms with Crippen molar-refractivity contribution in [2.24, 2.45) is 0 Å². The van der Waals surface area contributed by atoms with E-state index in [1.807, 2.05) is 73.7 Å². The lowest BCUT2D eigenvalue weighted by Gasteiger charge is -2.22. The van der Waals surface area contributed by atoms with E-state index in [0.717, 1.165) is 36.3 Å². The van der Waals surface area contributed by atoms with E-state index in [1.54, 1.807) is 0 Å². The van der Waals surface area contributed by atoms with Gasteiger partial charge >= 0.3 is 6.03 Å². The van der Waals surface area contributed by atoms with Crippen molar-refractivity contribution in [2.75, 3.05) is 6.61 Å². The van der Waals surface area contributed by atoms with Gasteiger partial charge in [-0.05, 0) is 41.7 Å². The molecule has 0 aliphatic carbocycles. The first kappa shape index (κ1) is 19.1. The van der Waals surface area contributed by atoms with Crippen molar-refractivity contribution >= 4 is 6.03 Å². The third-order valence-electron chi connectivity index (χ3n) is 5.21. The van der Waals surface area contributed by atoms with Crippen LogP contribution in [0, 0.1) is 0 Å². The normalized spacial score (nSPS) is 13.4. The molecule has 148 valence electrons. The van der Waals surface area contributed by atoms with Gasteiger partial charge in [-0.1, -0.05) is 72.8 Å². The Hall–Kier alpha value is -3.27. The van der Waals surface area contributed by atoms with Crippen LogP contribution in [0.4, 0.5) is 4.79 Å². The zero-order chi connectivity index (χ0) is 20.1. The summed E-state index contributed by atoms with van der Waals surface area (Å²) >= 11 is 0. The highest BCUT2D eigenvalue weighted by atomic mass is 16.5. The highest BCUT2D eigenvalue weighted by Crippen LogP contribution is 2.26. The summed E-state index contributed by atoms with van der Waals surface area (Å²) < 4.78 is 5.57. The topological polar surface area (TPSA) is 50.4 Å². The molecule has 0 bridgehead atoms. The van der Waals surface area contributed by atoms with E-state index < -0.39 is 0 Å². The van der Waals surface area contributed by atoms with Gasteiger partial charge in [0.2, 0.25) is 0 Å². The highest BCUT2D eigenvalue weighted by Gasteiger charge is 2.18. The quantitative estimate of drug-likeness (QED) is 0.648. The Morgan fingerprint density at radius 2 is 1.59 bits per heavy atom. The van der Waals surface area contributed by atoms with Crippen LogP contribution < -0.4 is 15.4 Å². The van der Waals surface area contributed by atoms with Gasteiger partial charge in [-0.2, -0.15) is 0 Å². The minimum absolute atomic E-state index is 0.0163. The molecule has 0 saturated heterocycles. The molecular formula is C25H26N2O2. The lowest BCUT2D eigenvalue weighted by molar-refractivity contribution is 0.235. The Morgan fingerprint density at radius 1 is 0.931 bits per heavy atom. The monoisotopic (exact) mass is 386 g/mol. The smallest absolute Gasteiger partial charge is 0.315 e. The van der Waals surface area contributed by atoms with Crippen molar-refractivity contribution in [1.82, 2.24) is 10.6 Å². The molecule has 1 aliphatic heterocycles. The van der Waals surface area contributed by atoms with Gasteiger partial charge in [0, 0.05) is 12.5 Å². The van der Waals surface area contributed by atoms with Crippen LogP contribution in [0.2, 0.25) is 0 Å². The number of carbonyl (C=O) groups excluding carboxylic acids is 1. The van der Waals surface area contributed by atoms with E-state index in [2.05, 4.69) is 22.8 Å². The summed E-state index contributed by atoms with van der Waals surface area (Å²) in [5, 5.41) is 6.22. The number of fused-ring (bicyclic) bond motifs is 1. The SMILES string of the molecule is CC(Cc1ccc2c(c1)CCO2)NC(=O)NC(c1ccccc1)c1ccccc1. The van der Waals surface area contributed by atoms with Crippen LogP contribution in [0.5, 0.6) is 5.75 Å². The number of benzene rings is 3. The van der Waals surface area contributed by atoms with Crippen molar-refractivity contribution in [1.29, 1.82) is 0 Å². The van der Waals surface area contributed by atoms with E-state index >= 15 is 0 Å². The molecule has 2 N–H and O–H groups in total. The van der Waals surface area contributed by atoms with Gasteiger partial charge in [-0.3, -0.25) is 0 Å². The van der Waals surface area contributed by atoms with Crippen LogP contribution in [-0.4, -0.2) is 18.7 Å². The standard InChI is InChI=1S/C25H26N2O2/c1-18(16-19-12-13-23-22(17-19)14-15-29-23)26-25(28)27-24(20-8-4-2-5-9-20)21-10-6-3-7-11-21/h2-13,17-18,24H,14-16H2,1H3,(H2,26,27,28). The molecule has 0 saturated carbocycles. The molecule has 0 radical (unpaired) electrons. The summed E-state index contributed by atoms with van der Waals surface area (Å²) in [6, 6.07) is 26.0. The van der Waals surface area contributed by atoms with Crippen molar-refractivity contribution in [3.8, 4) is 5.75 Å². The second kappa shape index (κ2) is 8.82. The fourth-order valence-electron chi connectivity index (χ4n) is 3.82. The third kappa shape index (κ3) is 4.77. The largest absolute Gasteiger partial charge is 0.493 e. The first-order valence-corrected chi connectivity index (χ1v) is 10.1. The number of urea groups is 1.